The molecule has 0 unspecified atom stereocenters. The third-order valence-electron chi connectivity index (χ3n) is 7.23. The lowest BCUT2D eigenvalue weighted by atomic mass is 9.72. The summed E-state index contributed by atoms with van der Waals surface area (Å²) in [6.45, 7) is 6.96. The number of aromatic amines is 1. The van der Waals surface area contributed by atoms with Gasteiger partial charge in [-0.2, -0.15) is 0 Å². The molecule has 4 atom stereocenters. The van der Waals surface area contributed by atoms with Crippen molar-refractivity contribution in [3.63, 3.8) is 0 Å². The smallest absolute Gasteiger partial charge is 0.267 e. The molecule has 3 fully saturated rings. The Labute approximate surface area is 178 Å². The molecule has 0 aromatic carbocycles. The first-order valence-electron chi connectivity index (χ1n) is 11.3. The van der Waals surface area contributed by atoms with Crippen molar-refractivity contribution in [1.29, 1.82) is 0 Å². The molecule has 2 bridgehead atoms. The van der Waals surface area contributed by atoms with Crippen molar-refractivity contribution in [2.75, 3.05) is 26.2 Å². The van der Waals surface area contributed by atoms with Gasteiger partial charge in [-0.1, -0.05) is 6.42 Å². The second kappa shape index (κ2) is 8.47. The maximum absolute atomic E-state index is 12.5. The van der Waals surface area contributed by atoms with Crippen molar-refractivity contribution in [3.05, 3.63) is 47.8 Å². The predicted molar refractivity (Wildman–Crippen MR) is 115 cm³/mol. The van der Waals surface area contributed by atoms with E-state index in [1.165, 1.54) is 32.2 Å². The summed E-state index contributed by atoms with van der Waals surface area (Å²) >= 11 is 0. The predicted octanol–water partition coefficient (Wildman–Crippen LogP) is 2.22. The van der Waals surface area contributed by atoms with Gasteiger partial charge in [-0.25, -0.2) is 0 Å². The fraction of sp³-hybridized carbons (Fsp3) is 0.609. The minimum atomic E-state index is -0.00159. The number of aryl methyl sites for hydroxylation is 1. The van der Waals surface area contributed by atoms with Crippen LogP contribution in [0.4, 0.5) is 0 Å². The summed E-state index contributed by atoms with van der Waals surface area (Å²) in [5, 5.41) is 3.21. The van der Waals surface area contributed by atoms with Gasteiger partial charge in [-0.05, 0) is 56.7 Å². The van der Waals surface area contributed by atoms with E-state index in [2.05, 4.69) is 30.1 Å². The summed E-state index contributed by atoms with van der Waals surface area (Å²) in [7, 11) is 0. The number of nitrogens with one attached hydrogen (secondary N) is 2. The molecule has 30 heavy (non-hydrogen) atoms. The van der Waals surface area contributed by atoms with Crippen LogP contribution in [0, 0.1) is 18.8 Å². The number of carbonyl (C=O) groups excluding carboxylic acids is 1. The highest BCUT2D eigenvalue weighted by atomic mass is 16.1. The largest absolute Gasteiger partial charge is 0.357 e. The molecular weight excluding hydrogens is 376 g/mol. The van der Waals surface area contributed by atoms with Gasteiger partial charge in [0.2, 0.25) is 0 Å². The van der Waals surface area contributed by atoms with E-state index in [0.717, 1.165) is 43.5 Å². The Morgan fingerprint density at radius 2 is 2.13 bits per heavy atom. The zero-order valence-electron chi connectivity index (χ0n) is 17.8. The normalized spacial score (nSPS) is 29.4. The molecule has 5 rings (SSSR count). The average molecular weight is 409 g/mol. The number of hydrogen-bond acceptors (Lipinski definition) is 5. The summed E-state index contributed by atoms with van der Waals surface area (Å²) < 4.78 is 0. The van der Waals surface area contributed by atoms with Crippen LogP contribution in [0.3, 0.4) is 0 Å². The van der Waals surface area contributed by atoms with Gasteiger partial charge >= 0.3 is 0 Å². The quantitative estimate of drug-likeness (QED) is 0.793. The topological polar surface area (TPSA) is 77.2 Å². The number of fused-ring (bicyclic) bond motifs is 4. The highest BCUT2D eigenvalue weighted by Crippen LogP contribution is 2.41. The molecule has 2 aromatic rings. The Bertz CT molecular complexity index is 851. The number of nitrogens with zero attached hydrogens (tertiary/aromatic N) is 4. The van der Waals surface area contributed by atoms with Gasteiger partial charge in [0.05, 0.1) is 11.4 Å². The first-order chi connectivity index (χ1) is 14.7. The fourth-order valence-electron chi connectivity index (χ4n) is 5.91. The molecule has 3 saturated heterocycles. The average Bonchev–Trinajstić information content (AvgIpc) is 3.30. The number of carbonyl (C=O) groups is 1. The van der Waals surface area contributed by atoms with Crippen molar-refractivity contribution in [1.82, 2.24) is 30.1 Å². The molecule has 2 aromatic heterocycles. The molecule has 3 aliphatic rings. The summed E-state index contributed by atoms with van der Waals surface area (Å²) in [6.07, 6.45) is 10.8. The highest BCUT2D eigenvalue weighted by molar-refractivity contribution is 5.92. The standard InChI is InChI=1S/C23H32N6O/c1-16-10-26-19(11-25-16)15-28-13-17-9-18(14-28)22(29-8-3-2-6-21(17)29)12-27-23(30)20-5-4-7-24-20/h4-5,7,10-11,17-18,21-22,24H,2-3,6,8-9,12-15H2,1H3,(H,27,30)/t17-,18+,21+,22+/m1/s1. The lowest BCUT2D eigenvalue weighted by Crippen LogP contribution is -2.65. The number of H-pyrrole nitrogens is 1. The molecular formula is C23H32N6O. The zero-order chi connectivity index (χ0) is 20.5. The van der Waals surface area contributed by atoms with E-state index in [4.69, 9.17) is 0 Å². The lowest BCUT2D eigenvalue weighted by Gasteiger charge is -2.56. The first kappa shape index (κ1) is 19.7. The SMILES string of the molecule is Cc1cnc(CN2C[C@H]3C[C@@H](C2)[C@H](CNC(=O)c2ccc[nH]2)N2CCCC[C@@H]32)cn1. The monoisotopic (exact) mass is 408 g/mol. The Morgan fingerprint density at radius 3 is 2.93 bits per heavy atom. The van der Waals surface area contributed by atoms with Crippen LogP contribution in [0.25, 0.3) is 0 Å². The molecule has 7 heteroatoms. The van der Waals surface area contributed by atoms with Crippen molar-refractivity contribution in [2.45, 2.75) is 51.2 Å². The molecule has 5 heterocycles. The van der Waals surface area contributed by atoms with E-state index in [1.807, 2.05) is 31.5 Å². The van der Waals surface area contributed by atoms with Crippen molar-refractivity contribution in [3.8, 4) is 0 Å². The molecule has 0 saturated carbocycles. The molecule has 7 nitrogen and oxygen atoms in total. The minimum absolute atomic E-state index is 0.00159. The molecule has 1 amide bonds. The van der Waals surface area contributed by atoms with E-state index in [9.17, 15) is 4.79 Å². The van der Waals surface area contributed by atoms with Crippen molar-refractivity contribution < 1.29 is 4.79 Å². The molecule has 0 radical (unpaired) electrons. The third kappa shape index (κ3) is 4.01. The maximum atomic E-state index is 12.5. The maximum Gasteiger partial charge on any atom is 0.267 e. The van der Waals surface area contributed by atoms with Crippen LogP contribution < -0.4 is 5.32 Å². The van der Waals surface area contributed by atoms with Crippen LogP contribution in [0.15, 0.2) is 30.7 Å². The summed E-state index contributed by atoms with van der Waals surface area (Å²) in [5.74, 6) is 1.30. The highest BCUT2D eigenvalue weighted by Gasteiger charge is 2.47. The Balaban J connectivity index is 1.30. The molecule has 3 aliphatic heterocycles. The van der Waals surface area contributed by atoms with Gasteiger partial charge in [0, 0.05) is 56.9 Å². The molecule has 160 valence electrons. The number of hydrogen-bond donors (Lipinski definition) is 2. The van der Waals surface area contributed by atoms with Crippen LogP contribution in [0.1, 0.15) is 47.6 Å². The second-order valence-corrected chi connectivity index (χ2v) is 9.26. The van der Waals surface area contributed by atoms with E-state index >= 15 is 0 Å². The van der Waals surface area contributed by atoms with E-state index in [0.29, 0.717) is 23.7 Å². The van der Waals surface area contributed by atoms with E-state index in [1.54, 1.807) is 6.20 Å². The number of aromatic nitrogens is 3. The fourth-order valence-corrected chi connectivity index (χ4v) is 5.91. The van der Waals surface area contributed by atoms with Crippen LogP contribution in [0.2, 0.25) is 0 Å². The number of likely N-dealkylation sites (tertiary alicyclic amines) is 1. The number of piperidine rings is 3. The van der Waals surface area contributed by atoms with Gasteiger partial charge in [0.25, 0.3) is 5.91 Å². The van der Waals surface area contributed by atoms with Gasteiger partial charge in [0.15, 0.2) is 0 Å². The van der Waals surface area contributed by atoms with Crippen LogP contribution in [-0.2, 0) is 6.54 Å². The van der Waals surface area contributed by atoms with Gasteiger partial charge < -0.3 is 10.3 Å². The Hall–Kier alpha value is -2.25. The summed E-state index contributed by atoms with van der Waals surface area (Å²) in [6, 6.07) is 4.76. The zero-order valence-corrected chi connectivity index (χ0v) is 17.8. The van der Waals surface area contributed by atoms with E-state index in [-0.39, 0.29) is 5.91 Å². The van der Waals surface area contributed by atoms with E-state index < -0.39 is 0 Å². The van der Waals surface area contributed by atoms with Gasteiger partial charge in [0.1, 0.15) is 5.69 Å². The minimum Gasteiger partial charge on any atom is -0.357 e. The summed E-state index contributed by atoms with van der Waals surface area (Å²) in [5.41, 5.74) is 2.66. The van der Waals surface area contributed by atoms with Gasteiger partial charge in [-0.3, -0.25) is 24.6 Å². The van der Waals surface area contributed by atoms with Crippen molar-refractivity contribution in [2.24, 2.45) is 11.8 Å². The third-order valence-corrected chi connectivity index (χ3v) is 7.23. The van der Waals surface area contributed by atoms with Crippen LogP contribution >= 0.6 is 0 Å². The molecule has 2 N–H and O–H groups in total. The van der Waals surface area contributed by atoms with Crippen molar-refractivity contribution >= 4 is 5.91 Å². The summed E-state index contributed by atoms with van der Waals surface area (Å²) in [4.78, 5) is 29.9. The molecule has 0 spiro atoms. The Kier molecular flexibility index (Phi) is 5.56. The van der Waals surface area contributed by atoms with Crippen LogP contribution in [0.5, 0.6) is 0 Å². The number of amides is 1. The second-order valence-electron chi connectivity index (χ2n) is 9.26. The molecule has 0 aliphatic carbocycles. The number of rotatable bonds is 5. The Morgan fingerprint density at radius 1 is 1.23 bits per heavy atom. The first-order valence-corrected chi connectivity index (χ1v) is 11.3. The van der Waals surface area contributed by atoms with Crippen LogP contribution in [-0.4, -0.2) is 68.9 Å². The van der Waals surface area contributed by atoms with Gasteiger partial charge in [-0.15, -0.1) is 0 Å². The lowest BCUT2D eigenvalue weighted by molar-refractivity contribution is -0.0719.